The minimum atomic E-state index is 0.344. The van der Waals surface area contributed by atoms with Crippen molar-refractivity contribution in [3.63, 3.8) is 0 Å². The summed E-state index contributed by atoms with van der Waals surface area (Å²) < 4.78 is 5.24. The lowest BCUT2D eigenvalue weighted by Crippen LogP contribution is -1.90. The number of hydrogen-bond acceptors (Lipinski definition) is 3. The summed E-state index contributed by atoms with van der Waals surface area (Å²) in [5.74, 6) is 1.55. The quantitative estimate of drug-likeness (QED) is 0.630. The molecule has 1 aromatic heterocycles. The Bertz CT molecular complexity index is 274. The summed E-state index contributed by atoms with van der Waals surface area (Å²) in [5, 5.41) is 0. The van der Waals surface area contributed by atoms with Crippen molar-refractivity contribution in [3.05, 3.63) is 17.8 Å². The molecule has 0 atom stereocenters. The van der Waals surface area contributed by atoms with Gasteiger partial charge in [0.15, 0.2) is 17.9 Å². The molecule has 1 aromatic rings. The van der Waals surface area contributed by atoms with Crippen LogP contribution in [0.5, 0.6) is 0 Å². The number of hydrogen-bond donors (Lipinski definition) is 0. The zero-order valence-electron chi connectivity index (χ0n) is 6.82. The van der Waals surface area contributed by atoms with Crippen LogP contribution in [0, 0.1) is 0 Å². The molecule has 3 heteroatoms. The van der Waals surface area contributed by atoms with Crippen LogP contribution in [0.25, 0.3) is 0 Å². The highest BCUT2D eigenvalue weighted by Crippen LogP contribution is 2.33. The molecular formula is C9H11NO2. The highest BCUT2D eigenvalue weighted by Gasteiger charge is 2.21. The fraction of sp³-hybridized carbons (Fsp3) is 0.556. The predicted molar refractivity (Wildman–Crippen MR) is 43.1 cm³/mol. The van der Waals surface area contributed by atoms with E-state index in [2.05, 4.69) is 4.98 Å². The van der Waals surface area contributed by atoms with Gasteiger partial charge in [0.25, 0.3) is 0 Å². The molecule has 64 valence electrons. The molecule has 0 N–H and O–H groups in total. The molecule has 0 aliphatic heterocycles. The van der Waals surface area contributed by atoms with Gasteiger partial charge in [-0.25, -0.2) is 4.98 Å². The van der Waals surface area contributed by atoms with E-state index in [-0.39, 0.29) is 0 Å². The zero-order chi connectivity index (χ0) is 8.39. The van der Waals surface area contributed by atoms with Crippen LogP contribution in [0.2, 0.25) is 0 Å². The van der Waals surface area contributed by atoms with E-state index in [1.807, 2.05) is 0 Å². The third-order valence-electron chi connectivity index (χ3n) is 2.36. The Kier molecular flexibility index (Phi) is 1.94. The van der Waals surface area contributed by atoms with Gasteiger partial charge >= 0.3 is 0 Å². The van der Waals surface area contributed by atoms with E-state index in [1.54, 1.807) is 0 Å². The first-order valence-corrected chi connectivity index (χ1v) is 4.31. The molecule has 3 nitrogen and oxygen atoms in total. The van der Waals surface area contributed by atoms with Crippen molar-refractivity contribution in [2.75, 3.05) is 0 Å². The second-order valence-corrected chi connectivity index (χ2v) is 3.20. The van der Waals surface area contributed by atoms with E-state index in [4.69, 9.17) is 4.42 Å². The Morgan fingerprint density at radius 1 is 1.50 bits per heavy atom. The van der Waals surface area contributed by atoms with Crippen LogP contribution in [0.3, 0.4) is 0 Å². The van der Waals surface area contributed by atoms with E-state index in [0.29, 0.717) is 18.0 Å². The summed E-state index contributed by atoms with van der Waals surface area (Å²) in [6.45, 7) is 0. The van der Waals surface area contributed by atoms with Crippen molar-refractivity contribution in [1.82, 2.24) is 4.98 Å². The summed E-state index contributed by atoms with van der Waals surface area (Å²) in [4.78, 5) is 14.4. The normalized spacial score (nSPS) is 18.3. The first-order chi connectivity index (χ1) is 5.90. The van der Waals surface area contributed by atoms with Crippen molar-refractivity contribution < 1.29 is 9.21 Å². The lowest BCUT2D eigenvalue weighted by atomic mass is 10.1. The van der Waals surface area contributed by atoms with Crippen LogP contribution < -0.4 is 0 Å². The number of carbonyl (C=O) groups is 1. The lowest BCUT2D eigenvalue weighted by Gasteiger charge is -2.00. The van der Waals surface area contributed by atoms with Gasteiger partial charge in [-0.2, -0.15) is 0 Å². The van der Waals surface area contributed by atoms with E-state index in [0.717, 1.165) is 18.7 Å². The van der Waals surface area contributed by atoms with Crippen molar-refractivity contribution in [2.24, 2.45) is 0 Å². The summed E-state index contributed by atoms with van der Waals surface area (Å²) in [7, 11) is 0. The average molecular weight is 165 g/mol. The standard InChI is InChI=1S/C9H11NO2/c11-6-8-5-10-9(12-8)7-3-1-2-4-7/h5-7H,1-4H2. The fourth-order valence-corrected chi connectivity index (χ4v) is 1.72. The van der Waals surface area contributed by atoms with E-state index < -0.39 is 0 Å². The van der Waals surface area contributed by atoms with Gasteiger partial charge in [-0.15, -0.1) is 0 Å². The number of rotatable bonds is 2. The average Bonchev–Trinajstić information content (AvgIpc) is 2.75. The molecule has 1 saturated carbocycles. The second-order valence-electron chi connectivity index (χ2n) is 3.20. The maximum absolute atomic E-state index is 10.3. The van der Waals surface area contributed by atoms with Crippen LogP contribution in [0.1, 0.15) is 48.0 Å². The van der Waals surface area contributed by atoms with E-state index >= 15 is 0 Å². The molecule has 12 heavy (non-hydrogen) atoms. The zero-order valence-corrected chi connectivity index (χ0v) is 6.82. The molecule has 1 heterocycles. The molecule has 1 aliphatic rings. The molecule has 0 aromatic carbocycles. The smallest absolute Gasteiger partial charge is 0.198 e. The van der Waals surface area contributed by atoms with Gasteiger partial charge in [0.1, 0.15) is 0 Å². The molecule has 0 amide bonds. The topological polar surface area (TPSA) is 43.1 Å². The maximum atomic E-state index is 10.3. The van der Waals surface area contributed by atoms with Crippen molar-refractivity contribution in [3.8, 4) is 0 Å². The van der Waals surface area contributed by atoms with Crippen LogP contribution in [0.15, 0.2) is 10.6 Å². The molecule has 0 saturated heterocycles. The molecule has 0 unspecified atom stereocenters. The van der Waals surface area contributed by atoms with Crippen LogP contribution in [-0.2, 0) is 0 Å². The van der Waals surface area contributed by atoms with Gasteiger partial charge in [0.05, 0.1) is 6.20 Å². The molecule has 0 radical (unpaired) electrons. The third-order valence-corrected chi connectivity index (χ3v) is 2.36. The van der Waals surface area contributed by atoms with Crippen molar-refractivity contribution >= 4 is 6.29 Å². The molecular weight excluding hydrogens is 154 g/mol. The first-order valence-electron chi connectivity index (χ1n) is 4.31. The number of nitrogens with zero attached hydrogens (tertiary/aromatic N) is 1. The Morgan fingerprint density at radius 3 is 2.83 bits per heavy atom. The van der Waals surface area contributed by atoms with Gasteiger partial charge in [-0.3, -0.25) is 4.79 Å². The summed E-state index contributed by atoms with van der Waals surface area (Å²) in [6, 6.07) is 0. The molecule has 2 rings (SSSR count). The van der Waals surface area contributed by atoms with Gasteiger partial charge in [-0.1, -0.05) is 12.8 Å². The van der Waals surface area contributed by atoms with Crippen molar-refractivity contribution in [2.45, 2.75) is 31.6 Å². The lowest BCUT2D eigenvalue weighted by molar-refractivity contribution is 0.109. The Hall–Kier alpha value is -1.12. The highest BCUT2D eigenvalue weighted by atomic mass is 16.4. The van der Waals surface area contributed by atoms with Crippen LogP contribution in [-0.4, -0.2) is 11.3 Å². The van der Waals surface area contributed by atoms with E-state index in [1.165, 1.54) is 19.0 Å². The van der Waals surface area contributed by atoms with Gasteiger partial charge in [0.2, 0.25) is 0 Å². The van der Waals surface area contributed by atoms with Gasteiger partial charge in [0, 0.05) is 5.92 Å². The van der Waals surface area contributed by atoms with Crippen LogP contribution >= 0.6 is 0 Å². The second kappa shape index (κ2) is 3.09. The minimum absolute atomic E-state index is 0.344. The van der Waals surface area contributed by atoms with E-state index in [9.17, 15) is 4.79 Å². The van der Waals surface area contributed by atoms with Crippen molar-refractivity contribution in [1.29, 1.82) is 0 Å². The Labute approximate surface area is 70.8 Å². The number of aldehydes is 1. The first kappa shape index (κ1) is 7.53. The van der Waals surface area contributed by atoms with Gasteiger partial charge < -0.3 is 4.42 Å². The number of aromatic nitrogens is 1. The molecule has 1 fully saturated rings. The summed E-state index contributed by atoms with van der Waals surface area (Å²) in [6.07, 6.45) is 7.01. The van der Waals surface area contributed by atoms with Crippen LogP contribution in [0.4, 0.5) is 0 Å². The predicted octanol–water partition coefficient (Wildman–Crippen LogP) is 2.14. The number of carbonyl (C=O) groups excluding carboxylic acids is 1. The summed E-state index contributed by atoms with van der Waals surface area (Å²) in [5.41, 5.74) is 0. The monoisotopic (exact) mass is 165 g/mol. The molecule has 0 spiro atoms. The summed E-state index contributed by atoms with van der Waals surface area (Å²) >= 11 is 0. The Morgan fingerprint density at radius 2 is 2.25 bits per heavy atom. The third kappa shape index (κ3) is 1.26. The maximum Gasteiger partial charge on any atom is 0.198 e. The molecule has 0 bridgehead atoms. The Balaban J connectivity index is 2.16. The molecule has 1 aliphatic carbocycles. The minimum Gasteiger partial charge on any atom is -0.438 e. The fourth-order valence-electron chi connectivity index (χ4n) is 1.72. The largest absolute Gasteiger partial charge is 0.438 e. The van der Waals surface area contributed by atoms with Gasteiger partial charge in [-0.05, 0) is 12.8 Å². The highest BCUT2D eigenvalue weighted by molar-refractivity contribution is 5.69. The SMILES string of the molecule is O=Cc1cnc(C2CCCC2)o1. The number of oxazole rings is 1.